The SMILES string of the molecule is CC(CNCCC(=O)NC1CC1)N1CCCCC1. The van der Waals surface area contributed by atoms with Gasteiger partial charge in [-0.05, 0) is 45.7 Å². The average molecular weight is 253 g/mol. The first-order valence-corrected chi connectivity index (χ1v) is 7.50. The van der Waals surface area contributed by atoms with Gasteiger partial charge in [-0.1, -0.05) is 6.42 Å². The molecule has 0 radical (unpaired) electrons. The molecule has 2 N–H and O–H groups in total. The van der Waals surface area contributed by atoms with Crippen molar-refractivity contribution in [3.8, 4) is 0 Å². The molecule has 2 fully saturated rings. The van der Waals surface area contributed by atoms with E-state index in [2.05, 4.69) is 22.5 Å². The first-order valence-electron chi connectivity index (χ1n) is 7.50. The van der Waals surface area contributed by atoms with Crippen LogP contribution in [-0.2, 0) is 4.79 Å². The lowest BCUT2D eigenvalue weighted by Crippen LogP contribution is -2.43. The lowest BCUT2D eigenvalue weighted by molar-refractivity contribution is -0.121. The zero-order chi connectivity index (χ0) is 12.8. The summed E-state index contributed by atoms with van der Waals surface area (Å²) in [7, 11) is 0. The van der Waals surface area contributed by atoms with Crippen LogP contribution in [-0.4, -0.2) is 49.1 Å². The summed E-state index contributed by atoms with van der Waals surface area (Å²) in [5, 5.41) is 6.42. The lowest BCUT2D eigenvalue weighted by atomic mass is 10.1. The van der Waals surface area contributed by atoms with Gasteiger partial charge in [0.2, 0.25) is 5.91 Å². The van der Waals surface area contributed by atoms with E-state index in [0.29, 0.717) is 18.5 Å². The van der Waals surface area contributed by atoms with Gasteiger partial charge in [0.1, 0.15) is 0 Å². The van der Waals surface area contributed by atoms with E-state index < -0.39 is 0 Å². The Morgan fingerprint density at radius 2 is 2.00 bits per heavy atom. The van der Waals surface area contributed by atoms with Crippen LogP contribution in [0.1, 0.15) is 45.4 Å². The Balaban J connectivity index is 1.49. The Kier molecular flexibility index (Phi) is 5.45. The van der Waals surface area contributed by atoms with Crippen molar-refractivity contribution in [2.24, 2.45) is 0 Å². The van der Waals surface area contributed by atoms with Gasteiger partial charge in [0.15, 0.2) is 0 Å². The molecule has 0 aromatic carbocycles. The second-order valence-electron chi connectivity index (χ2n) is 5.74. The Hall–Kier alpha value is -0.610. The van der Waals surface area contributed by atoms with Crippen molar-refractivity contribution in [2.75, 3.05) is 26.2 Å². The van der Waals surface area contributed by atoms with Crippen molar-refractivity contribution < 1.29 is 4.79 Å². The Morgan fingerprint density at radius 3 is 2.67 bits per heavy atom. The Labute approximate surface area is 110 Å². The van der Waals surface area contributed by atoms with E-state index in [0.717, 1.165) is 13.1 Å². The van der Waals surface area contributed by atoms with Gasteiger partial charge in [-0.3, -0.25) is 9.69 Å². The summed E-state index contributed by atoms with van der Waals surface area (Å²) in [6, 6.07) is 1.08. The highest BCUT2D eigenvalue weighted by molar-refractivity contribution is 5.76. The Bertz CT molecular complexity index is 260. The Morgan fingerprint density at radius 1 is 1.28 bits per heavy atom. The number of piperidine rings is 1. The number of amides is 1. The minimum Gasteiger partial charge on any atom is -0.353 e. The number of rotatable bonds is 7. The minimum atomic E-state index is 0.204. The highest BCUT2D eigenvalue weighted by Crippen LogP contribution is 2.18. The van der Waals surface area contributed by atoms with Crippen LogP contribution in [0.3, 0.4) is 0 Å². The van der Waals surface area contributed by atoms with Crippen LogP contribution in [0.15, 0.2) is 0 Å². The van der Waals surface area contributed by atoms with E-state index in [1.54, 1.807) is 0 Å². The van der Waals surface area contributed by atoms with Crippen LogP contribution < -0.4 is 10.6 Å². The predicted molar refractivity (Wildman–Crippen MR) is 73.5 cm³/mol. The molecule has 18 heavy (non-hydrogen) atoms. The second kappa shape index (κ2) is 7.10. The summed E-state index contributed by atoms with van der Waals surface area (Å²) in [5.74, 6) is 0.204. The van der Waals surface area contributed by atoms with Crippen molar-refractivity contribution >= 4 is 5.91 Å². The summed E-state index contributed by atoms with van der Waals surface area (Å²) in [6.45, 7) is 6.56. The van der Waals surface area contributed by atoms with Crippen LogP contribution in [0, 0.1) is 0 Å². The zero-order valence-corrected chi connectivity index (χ0v) is 11.6. The average Bonchev–Trinajstić information content (AvgIpc) is 3.19. The first-order chi connectivity index (χ1) is 8.75. The molecule has 1 heterocycles. The van der Waals surface area contributed by atoms with E-state index in [4.69, 9.17) is 0 Å². The number of hydrogen-bond donors (Lipinski definition) is 2. The van der Waals surface area contributed by atoms with Gasteiger partial charge in [-0.15, -0.1) is 0 Å². The van der Waals surface area contributed by atoms with E-state index in [1.165, 1.54) is 45.2 Å². The summed E-state index contributed by atoms with van der Waals surface area (Å²) in [5.41, 5.74) is 0. The van der Waals surface area contributed by atoms with Gasteiger partial charge in [0.05, 0.1) is 0 Å². The van der Waals surface area contributed by atoms with Crippen LogP contribution >= 0.6 is 0 Å². The van der Waals surface area contributed by atoms with E-state index >= 15 is 0 Å². The summed E-state index contributed by atoms with van der Waals surface area (Å²) in [6.07, 6.45) is 7.03. The predicted octanol–water partition coefficient (Wildman–Crippen LogP) is 1.12. The molecule has 1 aliphatic carbocycles. The molecule has 0 bridgehead atoms. The standard InChI is InChI=1S/C14H27N3O/c1-12(17-9-3-2-4-10-17)11-15-8-7-14(18)16-13-5-6-13/h12-13,15H,2-11H2,1H3,(H,16,18). The van der Waals surface area contributed by atoms with Crippen molar-refractivity contribution in [1.82, 2.24) is 15.5 Å². The number of carbonyl (C=O) groups is 1. The second-order valence-corrected chi connectivity index (χ2v) is 5.74. The van der Waals surface area contributed by atoms with Crippen molar-refractivity contribution in [1.29, 1.82) is 0 Å². The molecule has 0 spiro atoms. The van der Waals surface area contributed by atoms with Gasteiger partial charge in [0.25, 0.3) is 0 Å². The van der Waals surface area contributed by atoms with Crippen molar-refractivity contribution in [3.63, 3.8) is 0 Å². The van der Waals surface area contributed by atoms with Crippen molar-refractivity contribution in [3.05, 3.63) is 0 Å². The number of likely N-dealkylation sites (tertiary alicyclic amines) is 1. The van der Waals surface area contributed by atoms with Crippen LogP contribution in [0.5, 0.6) is 0 Å². The molecule has 1 atom stereocenters. The normalized spacial score (nSPS) is 22.7. The monoisotopic (exact) mass is 253 g/mol. The minimum absolute atomic E-state index is 0.204. The molecule has 2 rings (SSSR count). The molecule has 1 unspecified atom stereocenters. The third kappa shape index (κ3) is 4.94. The summed E-state index contributed by atoms with van der Waals surface area (Å²) in [4.78, 5) is 14.0. The quantitative estimate of drug-likeness (QED) is 0.668. The topological polar surface area (TPSA) is 44.4 Å². The molecule has 0 aromatic rings. The van der Waals surface area contributed by atoms with E-state index in [9.17, 15) is 4.79 Å². The van der Waals surface area contributed by atoms with Gasteiger partial charge in [0, 0.05) is 31.6 Å². The smallest absolute Gasteiger partial charge is 0.221 e. The first kappa shape index (κ1) is 13.8. The van der Waals surface area contributed by atoms with Crippen LogP contribution in [0.4, 0.5) is 0 Å². The molecule has 1 saturated carbocycles. The maximum atomic E-state index is 11.5. The molecular weight excluding hydrogens is 226 g/mol. The molecule has 4 heteroatoms. The molecule has 4 nitrogen and oxygen atoms in total. The third-order valence-electron chi connectivity index (χ3n) is 3.93. The zero-order valence-electron chi connectivity index (χ0n) is 11.6. The summed E-state index contributed by atoms with van der Waals surface area (Å²) < 4.78 is 0. The molecule has 0 aromatic heterocycles. The van der Waals surface area contributed by atoms with Gasteiger partial charge in [-0.25, -0.2) is 0 Å². The fourth-order valence-electron chi connectivity index (χ4n) is 2.53. The summed E-state index contributed by atoms with van der Waals surface area (Å²) >= 11 is 0. The maximum Gasteiger partial charge on any atom is 0.221 e. The third-order valence-corrected chi connectivity index (χ3v) is 3.93. The largest absolute Gasteiger partial charge is 0.353 e. The molecule has 1 saturated heterocycles. The van der Waals surface area contributed by atoms with E-state index in [1.807, 2.05) is 0 Å². The molecule has 1 amide bonds. The fraction of sp³-hybridized carbons (Fsp3) is 0.929. The van der Waals surface area contributed by atoms with Crippen LogP contribution in [0.25, 0.3) is 0 Å². The highest BCUT2D eigenvalue weighted by atomic mass is 16.1. The van der Waals surface area contributed by atoms with Crippen LogP contribution in [0.2, 0.25) is 0 Å². The van der Waals surface area contributed by atoms with Gasteiger partial charge < -0.3 is 10.6 Å². The number of nitrogens with one attached hydrogen (secondary N) is 2. The highest BCUT2D eigenvalue weighted by Gasteiger charge is 2.22. The van der Waals surface area contributed by atoms with E-state index in [-0.39, 0.29) is 5.91 Å². The molecule has 104 valence electrons. The molecule has 1 aliphatic heterocycles. The number of carbonyl (C=O) groups excluding carboxylic acids is 1. The van der Waals surface area contributed by atoms with Gasteiger partial charge in [-0.2, -0.15) is 0 Å². The lowest BCUT2D eigenvalue weighted by Gasteiger charge is -2.32. The number of hydrogen-bond acceptors (Lipinski definition) is 3. The maximum absolute atomic E-state index is 11.5. The van der Waals surface area contributed by atoms with Gasteiger partial charge >= 0.3 is 0 Å². The molecule has 2 aliphatic rings. The molecular formula is C14H27N3O. The fourth-order valence-corrected chi connectivity index (χ4v) is 2.53. The number of nitrogens with zero attached hydrogens (tertiary/aromatic N) is 1. The van der Waals surface area contributed by atoms with Crippen molar-refractivity contribution in [2.45, 2.75) is 57.5 Å².